The minimum absolute atomic E-state index is 0.581. The summed E-state index contributed by atoms with van der Waals surface area (Å²) in [6.07, 6.45) is 2.64. The van der Waals surface area contributed by atoms with Crippen LogP contribution in [-0.2, 0) is 6.54 Å². The molecule has 1 saturated carbocycles. The van der Waals surface area contributed by atoms with Crippen LogP contribution < -0.4 is 10.6 Å². The average Bonchev–Trinajstić information content (AvgIpc) is 3.02. The molecule has 2 rings (SSSR count). The molecule has 0 bridgehead atoms. The van der Waals surface area contributed by atoms with Crippen molar-refractivity contribution in [3.63, 3.8) is 0 Å². The predicted molar refractivity (Wildman–Crippen MR) is 67.6 cm³/mol. The van der Waals surface area contributed by atoms with Gasteiger partial charge in [-0.05, 0) is 39.7 Å². The van der Waals surface area contributed by atoms with E-state index in [0.717, 1.165) is 24.0 Å². The number of nitrogens with zero attached hydrogens (tertiary/aromatic N) is 2. The quantitative estimate of drug-likeness (QED) is 0.843. The highest BCUT2D eigenvalue weighted by atomic mass is 15.2. The standard InChI is InChI=1S/C13H21N3/c1-4-16(11-5-6-11)13-7-9(2)15-10(3)12(13)8-14/h7,11H,4-6,8,14H2,1-3H3. The van der Waals surface area contributed by atoms with Gasteiger partial charge in [-0.15, -0.1) is 0 Å². The molecule has 1 aromatic heterocycles. The van der Waals surface area contributed by atoms with Crippen molar-refractivity contribution in [2.75, 3.05) is 11.4 Å². The summed E-state index contributed by atoms with van der Waals surface area (Å²) in [6.45, 7) is 7.96. The first-order chi connectivity index (χ1) is 7.67. The Morgan fingerprint density at radius 1 is 1.44 bits per heavy atom. The van der Waals surface area contributed by atoms with Crippen molar-refractivity contribution in [2.45, 2.75) is 46.2 Å². The van der Waals surface area contributed by atoms with Gasteiger partial charge < -0.3 is 10.6 Å². The maximum Gasteiger partial charge on any atom is 0.0450 e. The molecule has 3 heteroatoms. The zero-order valence-electron chi connectivity index (χ0n) is 10.5. The van der Waals surface area contributed by atoms with E-state index in [9.17, 15) is 0 Å². The van der Waals surface area contributed by atoms with Crippen molar-refractivity contribution < 1.29 is 0 Å². The highest BCUT2D eigenvalue weighted by molar-refractivity contribution is 5.57. The SMILES string of the molecule is CCN(c1cc(C)nc(C)c1CN)C1CC1. The van der Waals surface area contributed by atoms with Gasteiger partial charge in [0, 0.05) is 41.8 Å². The van der Waals surface area contributed by atoms with Crippen molar-refractivity contribution in [3.05, 3.63) is 23.0 Å². The van der Waals surface area contributed by atoms with E-state index in [-0.39, 0.29) is 0 Å². The van der Waals surface area contributed by atoms with E-state index in [4.69, 9.17) is 5.73 Å². The molecule has 1 aliphatic carbocycles. The van der Waals surface area contributed by atoms with Crippen molar-refractivity contribution in [1.82, 2.24) is 4.98 Å². The van der Waals surface area contributed by atoms with E-state index < -0.39 is 0 Å². The largest absolute Gasteiger partial charge is 0.368 e. The molecule has 3 nitrogen and oxygen atoms in total. The Kier molecular flexibility index (Phi) is 3.15. The van der Waals surface area contributed by atoms with E-state index >= 15 is 0 Å². The van der Waals surface area contributed by atoms with Crippen LogP contribution in [0.3, 0.4) is 0 Å². The van der Waals surface area contributed by atoms with Crippen LogP contribution in [0, 0.1) is 13.8 Å². The van der Waals surface area contributed by atoms with Gasteiger partial charge in [0.05, 0.1) is 0 Å². The molecule has 1 heterocycles. The third-order valence-corrected chi connectivity index (χ3v) is 3.28. The molecule has 1 aromatic rings. The van der Waals surface area contributed by atoms with E-state index in [1.807, 2.05) is 0 Å². The zero-order valence-corrected chi connectivity index (χ0v) is 10.5. The minimum Gasteiger partial charge on any atom is -0.368 e. The van der Waals surface area contributed by atoms with Gasteiger partial charge in [-0.3, -0.25) is 4.98 Å². The molecule has 2 N–H and O–H groups in total. The maximum atomic E-state index is 5.85. The molecule has 0 amide bonds. The number of hydrogen-bond donors (Lipinski definition) is 1. The second-order valence-corrected chi connectivity index (χ2v) is 4.57. The van der Waals surface area contributed by atoms with Crippen LogP contribution in [0.4, 0.5) is 5.69 Å². The Labute approximate surface area is 97.7 Å². The molecule has 0 saturated heterocycles. The number of hydrogen-bond acceptors (Lipinski definition) is 3. The van der Waals surface area contributed by atoms with Crippen molar-refractivity contribution in [1.29, 1.82) is 0 Å². The van der Waals surface area contributed by atoms with Crippen LogP contribution >= 0.6 is 0 Å². The summed E-state index contributed by atoms with van der Waals surface area (Å²) < 4.78 is 0. The van der Waals surface area contributed by atoms with Crippen molar-refractivity contribution >= 4 is 5.69 Å². The molecule has 88 valence electrons. The van der Waals surface area contributed by atoms with E-state index in [1.54, 1.807) is 0 Å². The first-order valence-electron chi connectivity index (χ1n) is 6.11. The zero-order chi connectivity index (χ0) is 11.7. The van der Waals surface area contributed by atoms with Crippen LogP contribution in [0.25, 0.3) is 0 Å². The van der Waals surface area contributed by atoms with Crippen molar-refractivity contribution in [3.8, 4) is 0 Å². The lowest BCUT2D eigenvalue weighted by molar-refractivity contribution is 0.808. The lowest BCUT2D eigenvalue weighted by Gasteiger charge is -2.26. The molecular formula is C13H21N3. The number of rotatable bonds is 4. The predicted octanol–water partition coefficient (Wildman–Crippen LogP) is 2.15. The summed E-state index contributed by atoms with van der Waals surface area (Å²) in [6, 6.07) is 2.91. The molecule has 0 unspecified atom stereocenters. The first kappa shape index (κ1) is 11.4. The van der Waals surface area contributed by atoms with Gasteiger partial charge in [-0.1, -0.05) is 0 Å². The second-order valence-electron chi connectivity index (χ2n) is 4.57. The number of aryl methyl sites for hydroxylation is 2. The van der Waals surface area contributed by atoms with Gasteiger partial charge in [0.2, 0.25) is 0 Å². The molecule has 1 aliphatic rings. The normalized spacial score (nSPS) is 15.2. The Balaban J connectivity index is 2.43. The maximum absolute atomic E-state index is 5.85. The average molecular weight is 219 g/mol. The molecule has 0 atom stereocenters. The number of pyridine rings is 1. The van der Waals surface area contributed by atoms with E-state index in [0.29, 0.717) is 6.54 Å². The summed E-state index contributed by atoms with van der Waals surface area (Å²) in [4.78, 5) is 6.97. The van der Waals surface area contributed by atoms with Gasteiger partial charge in [0.15, 0.2) is 0 Å². The second kappa shape index (κ2) is 4.42. The highest BCUT2D eigenvalue weighted by Gasteiger charge is 2.29. The van der Waals surface area contributed by atoms with Gasteiger partial charge in [-0.25, -0.2) is 0 Å². The summed E-state index contributed by atoms with van der Waals surface area (Å²) in [5.41, 5.74) is 10.5. The first-order valence-corrected chi connectivity index (χ1v) is 6.11. The van der Waals surface area contributed by atoms with Gasteiger partial charge in [-0.2, -0.15) is 0 Å². The Morgan fingerprint density at radius 2 is 2.12 bits per heavy atom. The third-order valence-electron chi connectivity index (χ3n) is 3.28. The van der Waals surface area contributed by atoms with Crippen LogP contribution in [0.2, 0.25) is 0 Å². The molecule has 0 aromatic carbocycles. The number of aromatic nitrogens is 1. The van der Waals surface area contributed by atoms with Crippen LogP contribution in [0.1, 0.15) is 36.7 Å². The van der Waals surface area contributed by atoms with Crippen LogP contribution in [-0.4, -0.2) is 17.6 Å². The fourth-order valence-corrected chi connectivity index (χ4v) is 2.35. The van der Waals surface area contributed by atoms with Crippen LogP contribution in [0.5, 0.6) is 0 Å². The van der Waals surface area contributed by atoms with Gasteiger partial charge in [0.1, 0.15) is 0 Å². The lowest BCUT2D eigenvalue weighted by Crippen LogP contribution is -2.27. The Morgan fingerprint density at radius 3 is 2.62 bits per heavy atom. The third kappa shape index (κ3) is 2.05. The molecule has 0 radical (unpaired) electrons. The monoisotopic (exact) mass is 219 g/mol. The van der Waals surface area contributed by atoms with Crippen molar-refractivity contribution in [2.24, 2.45) is 5.73 Å². The van der Waals surface area contributed by atoms with E-state index in [2.05, 4.69) is 36.7 Å². The lowest BCUT2D eigenvalue weighted by atomic mass is 10.1. The minimum atomic E-state index is 0.581. The van der Waals surface area contributed by atoms with Gasteiger partial charge >= 0.3 is 0 Å². The fourth-order valence-electron chi connectivity index (χ4n) is 2.35. The highest BCUT2D eigenvalue weighted by Crippen LogP contribution is 2.34. The molecule has 0 aliphatic heterocycles. The van der Waals surface area contributed by atoms with Crippen LogP contribution in [0.15, 0.2) is 6.07 Å². The topological polar surface area (TPSA) is 42.2 Å². The van der Waals surface area contributed by atoms with E-state index in [1.165, 1.54) is 24.1 Å². The molecule has 0 spiro atoms. The molecular weight excluding hydrogens is 198 g/mol. The summed E-state index contributed by atoms with van der Waals surface area (Å²) in [7, 11) is 0. The molecule has 1 fully saturated rings. The molecule has 16 heavy (non-hydrogen) atoms. The fraction of sp³-hybridized carbons (Fsp3) is 0.615. The summed E-state index contributed by atoms with van der Waals surface area (Å²) >= 11 is 0. The van der Waals surface area contributed by atoms with Gasteiger partial charge in [0.25, 0.3) is 0 Å². The summed E-state index contributed by atoms with van der Waals surface area (Å²) in [5.74, 6) is 0. The Bertz CT molecular complexity index is 383. The number of anilines is 1. The smallest absolute Gasteiger partial charge is 0.0450 e. The summed E-state index contributed by atoms with van der Waals surface area (Å²) in [5, 5.41) is 0. The number of nitrogens with two attached hydrogens (primary N) is 1. The Hall–Kier alpha value is -1.09.